The normalized spacial score (nSPS) is 27.3. The summed E-state index contributed by atoms with van der Waals surface area (Å²) in [5, 5.41) is 3.12. The Morgan fingerprint density at radius 2 is 1.82 bits per heavy atom. The number of nitrogens with one attached hydrogen (secondary N) is 1. The molecule has 1 aromatic rings. The number of carbonyl (C=O) groups excluding carboxylic acids is 4. The van der Waals surface area contributed by atoms with Gasteiger partial charge in [-0.25, -0.2) is 0 Å². The molecule has 4 rings (SSSR count). The van der Waals surface area contributed by atoms with Crippen LogP contribution in [0.3, 0.4) is 0 Å². The van der Waals surface area contributed by atoms with Crippen LogP contribution < -0.4 is 5.32 Å². The summed E-state index contributed by atoms with van der Waals surface area (Å²) in [5.41, 5.74) is 1.22. The van der Waals surface area contributed by atoms with E-state index in [0.29, 0.717) is 16.3 Å². The van der Waals surface area contributed by atoms with Crippen molar-refractivity contribution in [3.63, 3.8) is 0 Å². The molecule has 28 heavy (non-hydrogen) atoms. The van der Waals surface area contributed by atoms with Crippen molar-refractivity contribution in [2.75, 3.05) is 18.5 Å². The van der Waals surface area contributed by atoms with Crippen molar-refractivity contribution >= 4 is 41.0 Å². The molecule has 1 saturated heterocycles. The van der Waals surface area contributed by atoms with Crippen molar-refractivity contribution in [2.24, 2.45) is 23.7 Å². The van der Waals surface area contributed by atoms with Crippen LogP contribution in [0, 0.1) is 30.6 Å². The second-order valence-corrected chi connectivity index (χ2v) is 7.79. The number of rotatable bonds is 5. The van der Waals surface area contributed by atoms with Crippen LogP contribution in [0.4, 0.5) is 5.69 Å². The molecule has 0 radical (unpaired) electrons. The monoisotopic (exact) mass is 402 g/mol. The van der Waals surface area contributed by atoms with Crippen molar-refractivity contribution < 1.29 is 23.9 Å². The van der Waals surface area contributed by atoms with Crippen molar-refractivity contribution in [1.82, 2.24) is 4.90 Å². The Labute approximate surface area is 166 Å². The van der Waals surface area contributed by atoms with Crippen LogP contribution in [0.5, 0.6) is 0 Å². The molecule has 8 heteroatoms. The van der Waals surface area contributed by atoms with E-state index >= 15 is 0 Å². The Morgan fingerprint density at radius 3 is 2.46 bits per heavy atom. The fraction of sp³-hybridized carbons (Fsp3) is 0.400. The smallest absolute Gasteiger partial charge is 0.326 e. The van der Waals surface area contributed by atoms with Gasteiger partial charge in [-0.2, -0.15) is 0 Å². The molecule has 3 amide bonds. The quantitative estimate of drug-likeness (QED) is 0.461. The maximum absolute atomic E-state index is 12.5. The van der Waals surface area contributed by atoms with E-state index in [1.165, 1.54) is 0 Å². The zero-order valence-corrected chi connectivity index (χ0v) is 15.9. The van der Waals surface area contributed by atoms with Gasteiger partial charge in [-0.15, -0.1) is 0 Å². The van der Waals surface area contributed by atoms with Gasteiger partial charge in [0.05, 0.1) is 11.8 Å². The number of fused-ring (bicyclic) bond motifs is 5. The molecule has 3 aliphatic rings. The van der Waals surface area contributed by atoms with Crippen molar-refractivity contribution in [3.8, 4) is 0 Å². The Bertz CT molecular complexity index is 882. The van der Waals surface area contributed by atoms with Gasteiger partial charge in [-0.3, -0.25) is 24.1 Å². The number of nitrogens with zero attached hydrogens (tertiary/aromatic N) is 1. The van der Waals surface area contributed by atoms with Gasteiger partial charge in [-0.05, 0) is 42.9 Å². The average Bonchev–Trinajstić information content (AvgIpc) is 3.34. The van der Waals surface area contributed by atoms with Crippen molar-refractivity contribution in [1.29, 1.82) is 0 Å². The van der Waals surface area contributed by atoms with Crippen LogP contribution in [0.15, 0.2) is 30.4 Å². The van der Waals surface area contributed by atoms with Crippen LogP contribution in [0.2, 0.25) is 5.02 Å². The molecule has 0 spiro atoms. The third kappa shape index (κ3) is 3.09. The number of anilines is 1. The van der Waals surface area contributed by atoms with E-state index in [-0.39, 0.29) is 35.5 Å². The second kappa shape index (κ2) is 7.05. The summed E-state index contributed by atoms with van der Waals surface area (Å²) in [6.07, 6.45) is 4.80. The standard InChI is InChI=1S/C20H19ClN2O5/c1-10-13(21)3-2-4-14(10)22-15(24)9-28-16(25)8-23-19(26)17-11-5-6-12(7-11)18(17)20(23)27/h2-6,11-12,17-18H,7-9H2,1H3,(H,22,24)/t11-,12-,17+,18+/m0/s1. The number of likely N-dealkylation sites (tertiary alicyclic amines) is 1. The summed E-state index contributed by atoms with van der Waals surface area (Å²) in [6.45, 7) is 0.779. The molecule has 7 nitrogen and oxygen atoms in total. The van der Waals surface area contributed by atoms with Crippen LogP contribution in [-0.2, 0) is 23.9 Å². The Balaban J connectivity index is 1.30. The molecule has 2 aliphatic carbocycles. The summed E-state index contributed by atoms with van der Waals surface area (Å²) >= 11 is 6.00. The number of allylic oxidation sites excluding steroid dienone is 2. The number of esters is 1. The molecule has 1 saturated carbocycles. The van der Waals surface area contributed by atoms with E-state index in [0.717, 1.165) is 11.3 Å². The largest absolute Gasteiger partial charge is 0.454 e. The Kier molecular flexibility index (Phi) is 4.71. The molecule has 1 N–H and O–H groups in total. The van der Waals surface area contributed by atoms with Gasteiger partial charge in [0.2, 0.25) is 11.8 Å². The van der Waals surface area contributed by atoms with Crippen LogP contribution in [0.25, 0.3) is 0 Å². The third-order valence-corrected chi connectivity index (χ3v) is 6.16. The summed E-state index contributed by atoms with van der Waals surface area (Å²) in [5.74, 6) is -2.50. The van der Waals surface area contributed by atoms with Crippen molar-refractivity contribution in [3.05, 3.63) is 40.9 Å². The number of hydrogen-bond acceptors (Lipinski definition) is 5. The second-order valence-electron chi connectivity index (χ2n) is 7.38. The highest BCUT2D eigenvalue weighted by atomic mass is 35.5. The number of imide groups is 1. The van der Waals surface area contributed by atoms with E-state index in [1.807, 2.05) is 12.2 Å². The minimum absolute atomic E-state index is 0.0826. The van der Waals surface area contributed by atoms with Gasteiger partial charge in [-0.1, -0.05) is 29.8 Å². The zero-order chi connectivity index (χ0) is 20.0. The number of carbonyl (C=O) groups is 4. The lowest BCUT2D eigenvalue weighted by atomic mass is 9.85. The first-order valence-corrected chi connectivity index (χ1v) is 9.48. The van der Waals surface area contributed by atoms with E-state index < -0.39 is 25.0 Å². The molecule has 2 bridgehead atoms. The summed E-state index contributed by atoms with van der Waals surface area (Å²) < 4.78 is 4.95. The predicted octanol–water partition coefficient (Wildman–Crippen LogP) is 1.94. The molecule has 2 fully saturated rings. The highest BCUT2D eigenvalue weighted by Crippen LogP contribution is 2.52. The average molecular weight is 403 g/mol. The summed E-state index contributed by atoms with van der Waals surface area (Å²) in [6, 6.07) is 5.08. The molecular weight excluding hydrogens is 384 g/mol. The van der Waals surface area contributed by atoms with Gasteiger partial charge < -0.3 is 10.1 Å². The fourth-order valence-electron chi connectivity index (χ4n) is 4.37. The molecule has 146 valence electrons. The first kappa shape index (κ1) is 18.7. The van der Waals surface area contributed by atoms with Gasteiger partial charge in [0.25, 0.3) is 5.91 Å². The lowest BCUT2D eigenvalue weighted by Crippen LogP contribution is -2.38. The first-order valence-electron chi connectivity index (χ1n) is 9.11. The number of halogens is 1. The van der Waals surface area contributed by atoms with E-state index in [2.05, 4.69) is 5.32 Å². The minimum Gasteiger partial charge on any atom is -0.454 e. The van der Waals surface area contributed by atoms with E-state index in [1.54, 1.807) is 25.1 Å². The van der Waals surface area contributed by atoms with Gasteiger partial charge >= 0.3 is 5.97 Å². The molecule has 1 aliphatic heterocycles. The number of hydrogen-bond donors (Lipinski definition) is 1. The fourth-order valence-corrected chi connectivity index (χ4v) is 4.54. The third-order valence-electron chi connectivity index (χ3n) is 5.75. The molecule has 1 heterocycles. The van der Waals surface area contributed by atoms with Crippen LogP contribution in [-0.4, -0.2) is 41.7 Å². The highest BCUT2D eigenvalue weighted by Gasteiger charge is 2.59. The van der Waals surface area contributed by atoms with Gasteiger partial charge in [0, 0.05) is 10.7 Å². The SMILES string of the molecule is Cc1c(Cl)cccc1NC(=O)COC(=O)CN1C(=O)[C@H]2[C@H](C1=O)[C@H]1C=C[C@H]2C1. The van der Waals surface area contributed by atoms with Crippen LogP contribution in [0.1, 0.15) is 12.0 Å². The maximum atomic E-state index is 12.5. The van der Waals surface area contributed by atoms with E-state index in [4.69, 9.17) is 16.3 Å². The number of ether oxygens (including phenoxy) is 1. The van der Waals surface area contributed by atoms with Crippen LogP contribution >= 0.6 is 11.6 Å². The lowest BCUT2D eigenvalue weighted by Gasteiger charge is -2.16. The Morgan fingerprint density at radius 1 is 1.18 bits per heavy atom. The maximum Gasteiger partial charge on any atom is 0.326 e. The topological polar surface area (TPSA) is 92.8 Å². The zero-order valence-electron chi connectivity index (χ0n) is 15.2. The van der Waals surface area contributed by atoms with Gasteiger partial charge in [0.1, 0.15) is 6.54 Å². The number of amides is 3. The van der Waals surface area contributed by atoms with E-state index in [9.17, 15) is 19.2 Å². The first-order chi connectivity index (χ1) is 13.4. The lowest BCUT2D eigenvalue weighted by molar-refractivity contribution is -0.154. The molecule has 1 aromatic carbocycles. The summed E-state index contributed by atoms with van der Waals surface area (Å²) in [7, 11) is 0. The number of benzene rings is 1. The Hall–Kier alpha value is -2.67. The predicted molar refractivity (Wildman–Crippen MR) is 100 cm³/mol. The minimum atomic E-state index is -0.792. The molecule has 0 unspecified atom stereocenters. The summed E-state index contributed by atoms with van der Waals surface area (Å²) in [4.78, 5) is 50.2. The van der Waals surface area contributed by atoms with Gasteiger partial charge in [0.15, 0.2) is 6.61 Å². The molecular formula is C20H19ClN2O5. The molecule has 4 atom stereocenters. The van der Waals surface area contributed by atoms with Crippen molar-refractivity contribution in [2.45, 2.75) is 13.3 Å². The molecule has 0 aromatic heterocycles. The highest BCUT2D eigenvalue weighted by molar-refractivity contribution is 6.31.